The number of benzene rings is 2. The predicted octanol–water partition coefficient (Wildman–Crippen LogP) is 2.95. The van der Waals surface area contributed by atoms with Crippen LogP contribution >= 0.6 is 0 Å². The summed E-state index contributed by atoms with van der Waals surface area (Å²) < 4.78 is 4.58. The summed E-state index contributed by atoms with van der Waals surface area (Å²) in [5, 5.41) is 9.27. The molecule has 23 heavy (non-hydrogen) atoms. The monoisotopic (exact) mass is 311 g/mol. The minimum atomic E-state index is -0.534. The van der Waals surface area contributed by atoms with Crippen LogP contribution in [0.3, 0.4) is 0 Å². The number of hydrogen-bond donors (Lipinski definition) is 2. The summed E-state index contributed by atoms with van der Waals surface area (Å²) in [6, 6.07) is 16.7. The number of para-hydroxylation sites is 1. The van der Waals surface area contributed by atoms with Gasteiger partial charge < -0.3 is 14.8 Å². The molecule has 2 aromatic carbocycles. The standard InChI is InChI=1S/C11H9NO3.C7H8O/c1-15-11(14)10-8(6-13)7-4-2-3-5-9(7)12-10;8-6-7-4-2-1-3-5-7/h2-6,12H,1H3;1-5,8H,6H2. The molecular formula is C18H17NO4. The Morgan fingerprint density at radius 2 is 1.78 bits per heavy atom. The predicted molar refractivity (Wildman–Crippen MR) is 87.4 cm³/mol. The Hall–Kier alpha value is -2.92. The number of nitrogens with one attached hydrogen (secondary N) is 1. The number of aldehydes is 1. The number of aliphatic hydroxyl groups excluding tert-OH is 1. The second-order valence-corrected chi connectivity index (χ2v) is 4.71. The smallest absolute Gasteiger partial charge is 0.355 e. The zero-order valence-corrected chi connectivity index (χ0v) is 12.7. The molecule has 0 aliphatic heterocycles. The molecule has 2 N–H and O–H groups in total. The number of H-pyrrole nitrogens is 1. The topological polar surface area (TPSA) is 79.4 Å². The van der Waals surface area contributed by atoms with Gasteiger partial charge in [-0.15, -0.1) is 0 Å². The lowest BCUT2D eigenvalue weighted by atomic mass is 10.1. The normalized spacial score (nSPS) is 9.83. The molecule has 0 fully saturated rings. The van der Waals surface area contributed by atoms with Crippen molar-refractivity contribution in [3.05, 3.63) is 71.4 Å². The van der Waals surface area contributed by atoms with Gasteiger partial charge >= 0.3 is 5.97 Å². The molecule has 0 aliphatic rings. The van der Waals surface area contributed by atoms with Gasteiger partial charge in [0.15, 0.2) is 6.29 Å². The summed E-state index contributed by atoms with van der Waals surface area (Å²) in [5.41, 5.74) is 2.26. The second kappa shape index (κ2) is 7.91. The van der Waals surface area contributed by atoms with Gasteiger partial charge in [-0.05, 0) is 11.6 Å². The first-order valence-corrected chi connectivity index (χ1v) is 7.00. The summed E-state index contributed by atoms with van der Waals surface area (Å²) in [7, 11) is 1.28. The number of fused-ring (bicyclic) bond motifs is 1. The van der Waals surface area contributed by atoms with E-state index in [0.717, 1.165) is 16.5 Å². The van der Waals surface area contributed by atoms with E-state index in [0.29, 0.717) is 11.8 Å². The average Bonchev–Trinajstić information content (AvgIpc) is 3.01. The molecule has 5 nitrogen and oxygen atoms in total. The lowest BCUT2D eigenvalue weighted by molar-refractivity contribution is 0.0593. The molecule has 3 rings (SSSR count). The Morgan fingerprint density at radius 3 is 2.35 bits per heavy atom. The van der Waals surface area contributed by atoms with E-state index in [1.165, 1.54) is 7.11 Å². The Kier molecular flexibility index (Phi) is 5.66. The highest BCUT2D eigenvalue weighted by atomic mass is 16.5. The van der Waals surface area contributed by atoms with E-state index in [1.54, 1.807) is 12.1 Å². The van der Waals surface area contributed by atoms with Gasteiger partial charge in [-0.2, -0.15) is 0 Å². The number of hydrogen-bond acceptors (Lipinski definition) is 4. The molecule has 0 saturated heterocycles. The lowest BCUT2D eigenvalue weighted by Crippen LogP contribution is -2.04. The van der Waals surface area contributed by atoms with Crippen LogP contribution in [-0.4, -0.2) is 29.5 Å². The van der Waals surface area contributed by atoms with Gasteiger partial charge in [0, 0.05) is 10.9 Å². The fourth-order valence-corrected chi connectivity index (χ4v) is 2.13. The van der Waals surface area contributed by atoms with Crippen molar-refractivity contribution in [1.82, 2.24) is 4.98 Å². The Morgan fingerprint density at radius 1 is 1.13 bits per heavy atom. The third-order valence-electron chi connectivity index (χ3n) is 3.28. The van der Waals surface area contributed by atoms with Gasteiger partial charge in [-0.3, -0.25) is 4.79 Å². The van der Waals surface area contributed by atoms with Gasteiger partial charge in [-0.1, -0.05) is 48.5 Å². The van der Waals surface area contributed by atoms with Gasteiger partial charge in [0.05, 0.1) is 19.3 Å². The minimum absolute atomic E-state index is 0.140. The van der Waals surface area contributed by atoms with E-state index in [2.05, 4.69) is 9.72 Å². The zero-order valence-electron chi connectivity index (χ0n) is 12.7. The molecule has 0 unspecified atom stereocenters. The molecule has 0 radical (unpaired) electrons. The molecule has 1 aromatic heterocycles. The fourth-order valence-electron chi connectivity index (χ4n) is 2.13. The zero-order chi connectivity index (χ0) is 16.7. The number of carbonyl (C=O) groups is 2. The molecule has 0 atom stereocenters. The fraction of sp³-hybridized carbons (Fsp3) is 0.111. The number of aromatic nitrogens is 1. The van der Waals surface area contributed by atoms with E-state index in [9.17, 15) is 9.59 Å². The van der Waals surface area contributed by atoms with Crippen LogP contribution in [0.1, 0.15) is 26.4 Å². The van der Waals surface area contributed by atoms with Crippen molar-refractivity contribution in [3.63, 3.8) is 0 Å². The number of aliphatic hydroxyl groups is 1. The molecule has 0 amide bonds. The van der Waals surface area contributed by atoms with Crippen molar-refractivity contribution in [3.8, 4) is 0 Å². The first-order valence-electron chi connectivity index (χ1n) is 7.00. The van der Waals surface area contributed by atoms with Gasteiger partial charge in [-0.25, -0.2) is 4.79 Å². The molecule has 5 heteroatoms. The number of rotatable bonds is 3. The SMILES string of the molecule is COC(=O)c1[nH]c2ccccc2c1C=O.OCc1ccccc1. The maximum atomic E-state index is 11.4. The second-order valence-electron chi connectivity index (χ2n) is 4.71. The van der Waals surface area contributed by atoms with Crippen LogP contribution in [0.25, 0.3) is 10.9 Å². The molecule has 3 aromatic rings. The van der Waals surface area contributed by atoms with Crippen molar-refractivity contribution < 1.29 is 19.4 Å². The Balaban J connectivity index is 0.000000203. The quantitative estimate of drug-likeness (QED) is 0.576. The molecule has 0 aliphatic carbocycles. The van der Waals surface area contributed by atoms with Crippen molar-refractivity contribution in [2.45, 2.75) is 6.61 Å². The molecule has 1 heterocycles. The summed E-state index contributed by atoms with van der Waals surface area (Å²) >= 11 is 0. The first-order chi connectivity index (χ1) is 11.2. The van der Waals surface area contributed by atoms with Crippen molar-refractivity contribution in [1.29, 1.82) is 0 Å². The van der Waals surface area contributed by atoms with Crippen LogP contribution < -0.4 is 0 Å². The molecule has 0 spiro atoms. The summed E-state index contributed by atoms with van der Waals surface area (Å²) in [6.07, 6.45) is 0.658. The van der Waals surface area contributed by atoms with Crippen LogP contribution in [0.2, 0.25) is 0 Å². The maximum absolute atomic E-state index is 11.4. The van der Waals surface area contributed by atoms with E-state index in [4.69, 9.17) is 5.11 Å². The number of carbonyl (C=O) groups excluding carboxylic acids is 2. The van der Waals surface area contributed by atoms with E-state index >= 15 is 0 Å². The van der Waals surface area contributed by atoms with Crippen molar-refractivity contribution in [2.75, 3.05) is 7.11 Å². The molecule has 0 bridgehead atoms. The van der Waals surface area contributed by atoms with Gasteiger partial charge in [0.1, 0.15) is 5.69 Å². The van der Waals surface area contributed by atoms with Crippen LogP contribution in [0.15, 0.2) is 54.6 Å². The average molecular weight is 311 g/mol. The van der Waals surface area contributed by atoms with Crippen LogP contribution in [-0.2, 0) is 11.3 Å². The number of aromatic amines is 1. The Bertz CT molecular complexity index is 793. The number of methoxy groups -OCH3 is 1. The minimum Gasteiger partial charge on any atom is -0.464 e. The summed E-state index contributed by atoms with van der Waals surface area (Å²) in [6.45, 7) is 0.140. The molecule has 0 saturated carbocycles. The highest BCUT2D eigenvalue weighted by molar-refractivity contribution is 6.07. The summed E-state index contributed by atoms with van der Waals surface area (Å²) in [5.74, 6) is -0.534. The van der Waals surface area contributed by atoms with Crippen LogP contribution in [0.5, 0.6) is 0 Å². The van der Waals surface area contributed by atoms with Crippen molar-refractivity contribution >= 4 is 23.2 Å². The maximum Gasteiger partial charge on any atom is 0.355 e. The highest BCUT2D eigenvalue weighted by Gasteiger charge is 2.16. The molecular weight excluding hydrogens is 294 g/mol. The first kappa shape index (κ1) is 16.5. The van der Waals surface area contributed by atoms with Crippen molar-refractivity contribution in [2.24, 2.45) is 0 Å². The van der Waals surface area contributed by atoms with E-state index in [-0.39, 0.29) is 12.3 Å². The lowest BCUT2D eigenvalue weighted by Gasteiger charge is -1.95. The number of esters is 1. The van der Waals surface area contributed by atoms with E-state index in [1.807, 2.05) is 42.5 Å². The van der Waals surface area contributed by atoms with Crippen LogP contribution in [0, 0.1) is 0 Å². The van der Waals surface area contributed by atoms with Gasteiger partial charge in [0.25, 0.3) is 0 Å². The van der Waals surface area contributed by atoms with Crippen LogP contribution in [0.4, 0.5) is 0 Å². The summed E-state index contributed by atoms with van der Waals surface area (Å²) in [4.78, 5) is 25.1. The molecule has 118 valence electrons. The Labute approximate surface area is 133 Å². The highest BCUT2D eigenvalue weighted by Crippen LogP contribution is 2.20. The third kappa shape index (κ3) is 3.84. The number of ether oxygens (including phenoxy) is 1. The largest absolute Gasteiger partial charge is 0.464 e. The third-order valence-corrected chi connectivity index (χ3v) is 3.28. The van der Waals surface area contributed by atoms with Gasteiger partial charge in [0.2, 0.25) is 0 Å². The van der Waals surface area contributed by atoms with E-state index < -0.39 is 5.97 Å².